The van der Waals surface area contributed by atoms with Crippen molar-refractivity contribution in [2.75, 3.05) is 18.4 Å². The van der Waals surface area contributed by atoms with Crippen molar-refractivity contribution >= 4 is 23.5 Å². The Morgan fingerprint density at radius 3 is 2.24 bits per heavy atom. The highest BCUT2D eigenvalue weighted by Crippen LogP contribution is 2.19. The topological polar surface area (TPSA) is 131 Å². The normalized spacial score (nSPS) is 15.3. The number of amides is 1. The van der Waals surface area contributed by atoms with Crippen molar-refractivity contribution in [1.82, 2.24) is 4.90 Å². The van der Waals surface area contributed by atoms with Crippen LogP contribution in [-0.4, -0.2) is 46.0 Å². The number of aliphatic carboxylic acids is 1. The van der Waals surface area contributed by atoms with Crippen molar-refractivity contribution < 1.29 is 24.6 Å². The summed E-state index contributed by atoms with van der Waals surface area (Å²) in [4.78, 5) is 35.5. The molecule has 1 heterocycles. The summed E-state index contributed by atoms with van der Waals surface area (Å²) in [7, 11) is 0. The fourth-order valence-corrected chi connectivity index (χ4v) is 2.51. The van der Waals surface area contributed by atoms with E-state index in [1.807, 2.05) is 6.07 Å². The second kappa shape index (κ2) is 7.97. The number of hydrogen-bond donors (Lipinski definition) is 3. The number of rotatable bonds is 5. The van der Waals surface area contributed by atoms with Crippen LogP contribution in [0.15, 0.2) is 36.0 Å². The smallest absolute Gasteiger partial charge is 0.335 e. The van der Waals surface area contributed by atoms with Gasteiger partial charge >= 0.3 is 11.9 Å². The van der Waals surface area contributed by atoms with Crippen LogP contribution in [0.3, 0.4) is 0 Å². The fraction of sp³-hybridized carbons (Fsp3) is 0.294. The average Bonchev–Trinajstić information content (AvgIpc) is 2.62. The van der Waals surface area contributed by atoms with E-state index in [-0.39, 0.29) is 11.1 Å². The van der Waals surface area contributed by atoms with Crippen molar-refractivity contribution in [3.63, 3.8) is 0 Å². The van der Waals surface area contributed by atoms with Crippen LogP contribution in [0.4, 0.5) is 5.69 Å². The molecule has 0 aliphatic carbocycles. The molecule has 1 aromatic rings. The minimum atomic E-state index is -1.04. The van der Waals surface area contributed by atoms with Crippen molar-refractivity contribution in [3.8, 4) is 6.07 Å². The van der Waals surface area contributed by atoms with E-state index in [4.69, 9.17) is 10.2 Å². The number of carbonyl (C=O) groups is 3. The lowest BCUT2D eigenvalue weighted by Gasteiger charge is -2.29. The lowest BCUT2D eigenvalue weighted by atomic mass is 9.97. The first-order valence-electron chi connectivity index (χ1n) is 7.64. The molecular weight excluding hydrogens is 326 g/mol. The summed E-state index contributed by atoms with van der Waals surface area (Å²) in [6.07, 6.45) is 2.00. The van der Waals surface area contributed by atoms with Gasteiger partial charge in [0, 0.05) is 25.0 Å². The number of carboxylic acid groups (broad SMARTS) is 2. The van der Waals surface area contributed by atoms with Gasteiger partial charge in [-0.15, -0.1) is 0 Å². The Morgan fingerprint density at radius 2 is 1.76 bits per heavy atom. The fourth-order valence-electron chi connectivity index (χ4n) is 2.51. The molecule has 0 saturated carbocycles. The zero-order chi connectivity index (χ0) is 18.4. The second-order valence-corrected chi connectivity index (χ2v) is 5.60. The Hall–Kier alpha value is -3.34. The molecule has 1 aliphatic rings. The van der Waals surface area contributed by atoms with Gasteiger partial charge in [0.15, 0.2) is 0 Å². The zero-order valence-electron chi connectivity index (χ0n) is 13.3. The molecule has 1 fully saturated rings. The molecule has 8 nitrogen and oxygen atoms in total. The molecule has 0 spiro atoms. The van der Waals surface area contributed by atoms with Gasteiger partial charge < -0.3 is 20.4 Å². The predicted octanol–water partition coefficient (Wildman–Crippen LogP) is 1.53. The number of hydrogen-bond acceptors (Lipinski definition) is 5. The number of anilines is 1. The van der Waals surface area contributed by atoms with E-state index in [2.05, 4.69) is 5.32 Å². The first-order chi connectivity index (χ1) is 11.9. The number of nitrogens with one attached hydrogen (secondary N) is 1. The summed E-state index contributed by atoms with van der Waals surface area (Å²) in [6, 6.07) is 7.69. The molecule has 130 valence electrons. The SMILES string of the molecule is N#C/C(=C/Nc1ccc(C(=O)O)cc1)C(=O)N1CCC(C(=O)O)CC1. The van der Waals surface area contributed by atoms with Crippen LogP contribution in [0.5, 0.6) is 0 Å². The van der Waals surface area contributed by atoms with Crippen molar-refractivity contribution in [3.05, 3.63) is 41.6 Å². The molecule has 1 aliphatic heterocycles. The monoisotopic (exact) mass is 343 g/mol. The van der Waals surface area contributed by atoms with Crippen molar-refractivity contribution in [2.24, 2.45) is 5.92 Å². The van der Waals surface area contributed by atoms with E-state index in [1.165, 1.54) is 35.4 Å². The summed E-state index contributed by atoms with van der Waals surface area (Å²) in [5, 5.41) is 29.8. The largest absolute Gasteiger partial charge is 0.481 e. The van der Waals surface area contributed by atoms with Crippen LogP contribution < -0.4 is 5.32 Å². The molecule has 0 radical (unpaired) electrons. The molecule has 1 aromatic carbocycles. The Balaban J connectivity index is 2.00. The third-order valence-corrected chi connectivity index (χ3v) is 4.00. The van der Waals surface area contributed by atoms with Gasteiger partial charge in [-0.2, -0.15) is 5.26 Å². The first kappa shape index (κ1) is 18.0. The van der Waals surface area contributed by atoms with Crippen LogP contribution in [-0.2, 0) is 9.59 Å². The number of carbonyl (C=O) groups excluding carboxylic acids is 1. The third kappa shape index (κ3) is 4.57. The quantitative estimate of drug-likeness (QED) is 0.546. The Labute approximate surface area is 144 Å². The van der Waals surface area contributed by atoms with Gasteiger partial charge in [-0.1, -0.05) is 0 Å². The standard InChI is InChI=1S/C17H17N3O5/c18-9-13(10-19-14-3-1-11(2-4-14)16(22)23)15(21)20-7-5-12(6-8-20)17(24)25/h1-4,10,12,19H,5-8H2,(H,22,23)(H,24,25)/b13-10-. The van der Waals surface area contributed by atoms with Gasteiger partial charge in [0.2, 0.25) is 0 Å². The molecule has 3 N–H and O–H groups in total. The van der Waals surface area contributed by atoms with Crippen LogP contribution in [0.1, 0.15) is 23.2 Å². The summed E-state index contributed by atoms with van der Waals surface area (Å²) >= 11 is 0. The Morgan fingerprint density at radius 1 is 1.16 bits per heavy atom. The van der Waals surface area contributed by atoms with Gasteiger partial charge in [-0.05, 0) is 37.1 Å². The molecule has 2 rings (SSSR count). The highest BCUT2D eigenvalue weighted by molar-refractivity contribution is 5.97. The van der Waals surface area contributed by atoms with Gasteiger partial charge in [0.1, 0.15) is 11.6 Å². The van der Waals surface area contributed by atoms with Crippen molar-refractivity contribution in [2.45, 2.75) is 12.8 Å². The highest BCUT2D eigenvalue weighted by atomic mass is 16.4. The average molecular weight is 343 g/mol. The summed E-state index contributed by atoms with van der Waals surface area (Å²) in [5.41, 5.74) is 0.568. The summed E-state index contributed by atoms with van der Waals surface area (Å²) in [6.45, 7) is 0.588. The lowest BCUT2D eigenvalue weighted by Crippen LogP contribution is -2.40. The molecule has 0 aromatic heterocycles. The maximum atomic E-state index is 12.3. The number of benzene rings is 1. The lowest BCUT2D eigenvalue weighted by molar-refractivity contribution is -0.145. The van der Waals surface area contributed by atoms with E-state index in [9.17, 15) is 19.6 Å². The maximum Gasteiger partial charge on any atom is 0.335 e. The number of likely N-dealkylation sites (tertiary alicyclic amines) is 1. The number of carboxylic acids is 2. The zero-order valence-corrected chi connectivity index (χ0v) is 13.3. The van der Waals surface area contributed by atoms with Crippen molar-refractivity contribution in [1.29, 1.82) is 5.26 Å². The van der Waals surface area contributed by atoms with Gasteiger partial charge in [-0.25, -0.2) is 4.79 Å². The number of nitrogens with zero attached hydrogens (tertiary/aromatic N) is 2. The number of nitriles is 1. The summed E-state index contributed by atoms with van der Waals surface area (Å²) in [5.74, 6) is -2.82. The Kier molecular flexibility index (Phi) is 5.74. The van der Waals surface area contributed by atoms with Crippen LogP contribution in [0, 0.1) is 17.2 Å². The van der Waals surface area contributed by atoms with E-state index >= 15 is 0 Å². The molecule has 8 heteroatoms. The predicted molar refractivity (Wildman–Crippen MR) is 87.7 cm³/mol. The minimum Gasteiger partial charge on any atom is -0.481 e. The van der Waals surface area contributed by atoms with E-state index in [1.54, 1.807) is 0 Å². The first-order valence-corrected chi connectivity index (χ1v) is 7.64. The maximum absolute atomic E-state index is 12.3. The van der Waals surface area contributed by atoms with Gasteiger partial charge in [0.25, 0.3) is 5.91 Å². The van der Waals surface area contributed by atoms with Gasteiger partial charge in [0.05, 0.1) is 11.5 Å². The van der Waals surface area contributed by atoms with E-state index in [0.717, 1.165) is 0 Å². The summed E-state index contributed by atoms with van der Waals surface area (Å²) < 4.78 is 0. The molecule has 1 saturated heterocycles. The number of aromatic carboxylic acids is 1. The highest BCUT2D eigenvalue weighted by Gasteiger charge is 2.28. The van der Waals surface area contributed by atoms with Gasteiger partial charge in [-0.3, -0.25) is 9.59 Å². The minimum absolute atomic E-state index is 0.101. The Bertz CT molecular complexity index is 741. The third-order valence-electron chi connectivity index (χ3n) is 4.00. The number of piperidine rings is 1. The molecule has 0 unspecified atom stereocenters. The van der Waals surface area contributed by atoms with Crippen LogP contribution in [0.2, 0.25) is 0 Å². The molecule has 0 bridgehead atoms. The van der Waals surface area contributed by atoms with Crippen LogP contribution >= 0.6 is 0 Å². The molecule has 1 amide bonds. The van der Waals surface area contributed by atoms with Crippen LogP contribution in [0.25, 0.3) is 0 Å². The second-order valence-electron chi connectivity index (χ2n) is 5.60. The molecule has 0 atom stereocenters. The van der Waals surface area contributed by atoms with E-state index < -0.39 is 23.8 Å². The molecular formula is C17H17N3O5. The van der Waals surface area contributed by atoms with E-state index in [0.29, 0.717) is 31.6 Å². The molecule has 25 heavy (non-hydrogen) atoms.